The van der Waals surface area contributed by atoms with E-state index in [2.05, 4.69) is 31.4 Å². The highest BCUT2D eigenvalue weighted by molar-refractivity contribution is 7.09. The molecule has 0 saturated heterocycles. The summed E-state index contributed by atoms with van der Waals surface area (Å²) < 4.78 is 0. The third kappa shape index (κ3) is 2.50. The van der Waals surface area contributed by atoms with Crippen molar-refractivity contribution >= 4 is 28.4 Å². The summed E-state index contributed by atoms with van der Waals surface area (Å²) in [4.78, 5) is 26.7. The molecule has 3 aromatic rings. The first-order chi connectivity index (χ1) is 9.22. The third-order valence-corrected chi connectivity index (χ3v) is 3.78. The molecular formula is C12H13N5OS. The van der Waals surface area contributed by atoms with E-state index in [4.69, 9.17) is 5.73 Å². The van der Waals surface area contributed by atoms with E-state index in [9.17, 15) is 4.79 Å². The maximum absolute atomic E-state index is 11.6. The Bertz CT molecular complexity index is 743. The van der Waals surface area contributed by atoms with E-state index >= 15 is 0 Å². The molecule has 0 saturated carbocycles. The molecule has 0 spiro atoms. The van der Waals surface area contributed by atoms with Crippen LogP contribution in [-0.4, -0.2) is 19.9 Å². The molecule has 4 N–H and O–H groups in total. The maximum Gasteiger partial charge on any atom is 0.278 e. The fraction of sp³-hybridized carbons (Fsp3) is 0.250. The van der Waals surface area contributed by atoms with Crippen LogP contribution in [0.15, 0.2) is 22.3 Å². The minimum atomic E-state index is -0.278. The molecule has 6 nitrogen and oxygen atoms in total. The molecule has 0 fully saturated rings. The fourth-order valence-corrected chi connectivity index (χ4v) is 2.73. The number of thiophene rings is 1. The van der Waals surface area contributed by atoms with Crippen LogP contribution in [0.25, 0.3) is 11.2 Å². The van der Waals surface area contributed by atoms with Gasteiger partial charge in [-0.3, -0.25) is 9.78 Å². The smallest absolute Gasteiger partial charge is 0.278 e. The van der Waals surface area contributed by atoms with Crippen molar-refractivity contribution in [3.8, 4) is 0 Å². The lowest BCUT2D eigenvalue weighted by atomic mass is 10.2. The summed E-state index contributed by atoms with van der Waals surface area (Å²) in [6.45, 7) is 0. The molecule has 0 bridgehead atoms. The van der Waals surface area contributed by atoms with Gasteiger partial charge in [-0.2, -0.15) is 4.98 Å². The first-order valence-corrected chi connectivity index (χ1v) is 6.87. The number of anilines is 1. The Morgan fingerprint density at radius 3 is 2.95 bits per heavy atom. The predicted molar refractivity (Wildman–Crippen MR) is 75.3 cm³/mol. The lowest BCUT2D eigenvalue weighted by Crippen LogP contribution is -2.10. The molecule has 0 atom stereocenters. The molecule has 0 aliphatic carbocycles. The number of aromatic nitrogens is 4. The normalized spacial score (nSPS) is 11.2. The molecule has 7 heteroatoms. The highest BCUT2D eigenvalue weighted by Gasteiger charge is 2.08. The Morgan fingerprint density at radius 2 is 2.16 bits per heavy atom. The van der Waals surface area contributed by atoms with Gasteiger partial charge in [-0.05, 0) is 24.3 Å². The summed E-state index contributed by atoms with van der Waals surface area (Å²) in [5.74, 6) is 0.865. The molecule has 0 amide bonds. The molecule has 0 aliphatic rings. The molecule has 3 rings (SSSR count). The Labute approximate surface area is 112 Å². The Morgan fingerprint density at radius 1 is 1.26 bits per heavy atom. The summed E-state index contributed by atoms with van der Waals surface area (Å²) in [6, 6.07) is 4.17. The number of nitrogen functional groups attached to an aromatic ring is 1. The number of imidazole rings is 1. The van der Waals surface area contributed by atoms with E-state index in [1.165, 1.54) is 4.88 Å². The fourth-order valence-electron chi connectivity index (χ4n) is 1.98. The topological polar surface area (TPSA) is 100 Å². The van der Waals surface area contributed by atoms with Crippen molar-refractivity contribution in [2.24, 2.45) is 0 Å². The van der Waals surface area contributed by atoms with Gasteiger partial charge < -0.3 is 10.7 Å². The molecule has 3 aromatic heterocycles. The standard InChI is InChI=1S/C12H13N5OS/c13-12-16-10-9(11(18)17-12)14-8(15-10)5-1-3-7-4-2-6-19-7/h2,4,6H,1,3,5H2,(H4,13,14,15,16,17,18). The van der Waals surface area contributed by atoms with Crippen molar-refractivity contribution < 1.29 is 0 Å². The van der Waals surface area contributed by atoms with Crippen LogP contribution in [0, 0.1) is 0 Å². The number of hydrogen-bond donors (Lipinski definition) is 3. The molecule has 3 heterocycles. The van der Waals surface area contributed by atoms with Gasteiger partial charge >= 0.3 is 0 Å². The van der Waals surface area contributed by atoms with Crippen LogP contribution in [0.3, 0.4) is 0 Å². The van der Waals surface area contributed by atoms with Gasteiger partial charge in [0.1, 0.15) is 5.82 Å². The van der Waals surface area contributed by atoms with Crippen LogP contribution in [-0.2, 0) is 12.8 Å². The number of fused-ring (bicyclic) bond motifs is 1. The van der Waals surface area contributed by atoms with Crippen LogP contribution >= 0.6 is 11.3 Å². The molecule has 98 valence electrons. The Hall–Kier alpha value is -2.15. The monoisotopic (exact) mass is 275 g/mol. The van der Waals surface area contributed by atoms with Crippen molar-refractivity contribution in [3.63, 3.8) is 0 Å². The summed E-state index contributed by atoms with van der Waals surface area (Å²) in [7, 11) is 0. The van der Waals surface area contributed by atoms with Crippen LogP contribution < -0.4 is 11.3 Å². The minimum absolute atomic E-state index is 0.0918. The lowest BCUT2D eigenvalue weighted by molar-refractivity contribution is 0.793. The largest absolute Gasteiger partial charge is 0.369 e. The van der Waals surface area contributed by atoms with Crippen LogP contribution in [0.1, 0.15) is 17.1 Å². The van der Waals surface area contributed by atoms with Crippen LogP contribution in [0.4, 0.5) is 5.95 Å². The second kappa shape index (κ2) is 4.85. The number of aromatic amines is 2. The molecule has 19 heavy (non-hydrogen) atoms. The second-order valence-electron chi connectivity index (χ2n) is 4.27. The van der Waals surface area contributed by atoms with Gasteiger partial charge in [0.2, 0.25) is 5.95 Å². The van der Waals surface area contributed by atoms with E-state index in [0.717, 1.165) is 25.1 Å². The summed E-state index contributed by atoms with van der Waals surface area (Å²) >= 11 is 1.75. The Balaban J connectivity index is 1.75. The first-order valence-electron chi connectivity index (χ1n) is 5.99. The molecular weight excluding hydrogens is 262 g/mol. The van der Waals surface area contributed by atoms with Gasteiger partial charge in [-0.25, -0.2) is 4.98 Å². The average molecular weight is 275 g/mol. The van der Waals surface area contributed by atoms with Gasteiger partial charge in [0.15, 0.2) is 11.2 Å². The Kier molecular flexibility index (Phi) is 3.04. The van der Waals surface area contributed by atoms with Crippen molar-refractivity contribution in [2.75, 3.05) is 5.73 Å². The van der Waals surface area contributed by atoms with Crippen LogP contribution in [0.2, 0.25) is 0 Å². The summed E-state index contributed by atoms with van der Waals surface area (Å²) in [5, 5.41) is 2.07. The predicted octanol–water partition coefficient (Wildman–Crippen LogP) is 1.47. The first kappa shape index (κ1) is 11.9. The maximum atomic E-state index is 11.6. The van der Waals surface area contributed by atoms with Gasteiger partial charge in [0.05, 0.1) is 0 Å². The van der Waals surface area contributed by atoms with E-state index in [-0.39, 0.29) is 11.5 Å². The third-order valence-electron chi connectivity index (χ3n) is 2.85. The number of hydrogen-bond acceptors (Lipinski definition) is 5. The molecule has 0 unspecified atom stereocenters. The van der Waals surface area contributed by atoms with Gasteiger partial charge in [-0.1, -0.05) is 6.07 Å². The highest BCUT2D eigenvalue weighted by atomic mass is 32.1. The summed E-state index contributed by atoms with van der Waals surface area (Å²) in [5.41, 5.74) is 5.97. The minimum Gasteiger partial charge on any atom is -0.369 e. The van der Waals surface area contributed by atoms with Crippen molar-refractivity contribution in [2.45, 2.75) is 19.3 Å². The number of nitrogens with two attached hydrogens (primary N) is 1. The van der Waals surface area contributed by atoms with Gasteiger partial charge in [-0.15, -0.1) is 11.3 Å². The SMILES string of the molecule is Nc1nc2nc(CCCc3cccs3)[nH]c2c(=O)[nH]1. The van der Waals surface area contributed by atoms with E-state index in [0.29, 0.717) is 11.2 Å². The van der Waals surface area contributed by atoms with E-state index in [1.807, 2.05) is 6.07 Å². The van der Waals surface area contributed by atoms with Gasteiger partial charge in [0, 0.05) is 11.3 Å². The van der Waals surface area contributed by atoms with Crippen molar-refractivity contribution in [1.29, 1.82) is 0 Å². The van der Waals surface area contributed by atoms with Gasteiger partial charge in [0.25, 0.3) is 5.56 Å². The quantitative estimate of drug-likeness (QED) is 0.671. The van der Waals surface area contributed by atoms with Crippen molar-refractivity contribution in [1.82, 2.24) is 19.9 Å². The molecule has 0 aliphatic heterocycles. The average Bonchev–Trinajstić information content (AvgIpc) is 2.98. The lowest BCUT2D eigenvalue weighted by Gasteiger charge is -1.95. The zero-order valence-corrected chi connectivity index (χ0v) is 11.0. The number of rotatable bonds is 4. The number of H-pyrrole nitrogens is 2. The van der Waals surface area contributed by atoms with Crippen LogP contribution in [0.5, 0.6) is 0 Å². The van der Waals surface area contributed by atoms with Crippen molar-refractivity contribution in [3.05, 3.63) is 38.6 Å². The highest BCUT2D eigenvalue weighted by Crippen LogP contribution is 2.13. The second-order valence-corrected chi connectivity index (χ2v) is 5.30. The summed E-state index contributed by atoms with van der Waals surface area (Å²) in [6.07, 6.45) is 2.78. The zero-order valence-electron chi connectivity index (χ0n) is 10.1. The number of nitrogens with one attached hydrogen (secondary N) is 2. The number of nitrogens with zero attached hydrogens (tertiary/aromatic N) is 2. The molecule has 0 aromatic carbocycles. The van der Waals surface area contributed by atoms with E-state index < -0.39 is 0 Å². The van der Waals surface area contributed by atoms with E-state index in [1.54, 1.807) is 11.3 Å². The zero-order chi connectivity index (χ0) is 13.2. The number of aryl methyl sites for hydroxylation is 2. The molecule has 0 radical (unpaired) electrons.